The second kappa shape index (κ2) is 7.13. The summed E-state index contributed by atoms with van der Waals surface area (Å²) < 4.78 is 10.1. The normalized spacial score (nSPS) is 11.4. The van der Waals surface area contributed by atoms with Crippen molar-refractivity contribution in [2.75, 3.05) is 26.8 Å². The summed E-state index contributed by atoms with van der Waals surface area (Å²) in [7, 11) is 1.66. The number of hydrogen-bond acceptors (Lipinski definition) is 5. The minimum atomic E-state index is -1.07. The summed E-state index contributed by atoms with van der Waals surface area (Å²) in [6, 6.07) is 1.46. The molecule has 0 aliphatic rings. The minimum Gasteiger partial charge on any atom is -0.476 e. The van der Waals surface area contributed by atoms with Gasteiger partial charge in [0.05, 0.1) is 13.2 Å². The zero-order chi connectivity index (χ0) is 13.5. The van der Waals surface area contributed by atoms with E-state index in [-0.39, 0.29) is 5.69 Å². The molecule has 1 aromatic rings. The summed E-state index contributed by atoms with van der Waals surface area (Å²) in [5.41, 5.74) is -0.0544. The molecule has 0 bridgehead atoms. The maximum atomic E-state index is 10.7. The molecule has 102 valence electrons. The summed E-state index contributed by atoms with van der Waals surface area (Å²) in [6.07, 6.45) is 0. The number of aromatic nitrogens is 1. The molecule has 0 atom stereocenters. The predicted octanol–water partition coefficient (Wildman–Crippen LogP) is 1.48. The Balaban J connectivity index is 2.59. The highest BCUT2D eigenvalue weighted by Crippen LogP contribution is 2.09. The fourth-order valence-corrected chi connectivity index (χ4v) is 1.68. The summed E-state index contributed by atoms with van der Waals surface area (Å²) in [6.45, 7) is 7.10. The van der Waals surface area contributed by atoms with Crippen molar-refractivity contribution < 1.29 is 19.2 Å². The molecule has 0 amide bonds. The molecule has 0 spiro atoms. The highest BCUT2D eigenvalue weighted by molar-refractivity contribution is 5.85. The van der Waals surface area contributed by atoms with Crippen molar-refractivity contribution in [3.8, 4) is 0 Å². The van der Waals surface area contributed by atoms with E-state index >= 15 is 0 Å². The Morgan fingerprint density at radius 2 is 2.33 bits per heavy atom. The lowest BCUT2D eigenvalue weighted by molar-refractivity contribution is 0.0685. The van der Waals surface area contributed by atoms with Crippen LogP contribution in [-0.4, -0.2) is 47.9 Å². The SMILES string of the molecule is COCCN(Cc1cc(C(=O)O)no1)CC(C)C. The van der Waals surface area contributed by atoms with Crippen molar-refractivity contribution in [1.29, 1.82) is 0 Å². The topological polar surface area (TPSA) is 75.8 Å². The zero-order valence-electron chi connectivity index (χ0n) is 11.0. The summed E-state index contributed by atoms with van der Waals surface area (Å²) in [5.74, 6) is 0.00479. The molecular weight excluding hydrogens is 236 g/mol. The Morgan fingerprint density at radius 1 is 1.61 bits per heavy atom. The number of methoxy groups -OCH3 is 1. The van der Waals surface area contributed by atoms with E-state index in [0.717, 1.165) is 13.1 Å². The summed E-state index contributed by atoms with van der Waals surface area (Å²) in [4.78, 5) is 12.8. The quantitative estimate of drug-likeness (QED) is 0.759. The molecule has 6 heteroatoms. The van der Waals surface area contributed by atoms with E-state index in [4.69, 9.17) is 14.4 Å². The van der Waals surface area contributed by atoms with Crippen molar-refractivity contribution in [2.24, 2.45) is 5.92 Å². The molecule has 6 nitrogen and oxygen atoms in total. The monoisotopic (exact) mass is 256 g/mol. The highest BCUT2D eigenvalue weighted by Gasteiger charge is 2.14. The van der Waals surface area contributed by atoms with Crippen LogP contribution in [0.25, 0.3) is 0 Å². The predicted molar refractivity (Wildman–Crippen MR) is 65.5 cm³/mol. The third-order valence-corrected chi connectivity index (χ3v) is 2.39. The lowest BCUT2D eigenvalue weighted by Gasteiger charge is -2.22. The van der Waals surface area contributed by atoms with E-state index in [9.17, 15) is 4.79 Å². The summed E-state index contributed by atoms with van der Waals surface area (Å²) in [5, 5.41) is 12.3. The van der Waals surface area contributed by atoms with Gasteiger partial charge >= 0.3 is 5.97 Å². The molecule has 0 unspecified atom stereocenters. The van der Waals surface area contributed by atoms with E-state index in [1.807, 2.05) is 0 Å². The minimum absolute atomic E-state index is 0.0544. The van der Waals surface area contributed by atoms with Crippen molar-refractivity contribution >= 4 is 5.97 Å². The van der Waals surface area contributed by atoms with Gasteiger partial charge in [0.25, 0.3) is 0 Å². The van der Waals surface area contributed by atoms with Gasteiger partial charge in [-0.25, -0.2) is 4.79 Å². The molecule has 0 radical (unpaired) electrons. The van der Waals surface area contributed by atoms with E-state index < -0.39 is 5.97 Å². The fraction of sp³-hybridized carbons (Fsp3) is 0.667. The molecule has 1 aromatic heterocycles. The zero-order valence-corrected chi connectivity index (χ0v) is 11.0. The molecule has 1 rings (SSSR count). The number of carboxylic acids is 1. The highest BCUT2D eigenvalue weighted by atomic mass is 16.5. The van der Waals surface area contributed by atoms with Gasteiger partial charge < -0.3 is 14.4 Å². The van der Waals surface area contributed by atoms with Gasteiger partial charge in [-0.3, -0.25) is 4.90 Å². The van der Waals surface area contributed by atoms with Crippen LogP contribution in [0.4, 0.5) is 0 Å². The Kier molecular flexibility index (Phi) is 5.80. The molecule has 0 saturated heterocycles. The first-order valence-corrected chi connectivity index (χ1v) is 5.93. The third-order valence-electron chi connectivity index (χ3n) is 2.39. The van der Waals surface area contributed by atoms with Gasteiger partial charge in [0.1, 0.15) is 0 Å². The van der Waals surface area contributed by atoms with Gasteiger partial charge in [-0.2, -0.15) is 0 Å². The van der Waals surface area contributed by atoms with Crippen molar-refractivity contribution in [3.63, 3.8) is 0 Å². The van der Waals surface area contributed by atoms with Crippen LogP contribution in [0.15, 0.2) is 10.6 Å². The Bertz CT molecular complexity index is 376. The Labute approximate surface area is 107 Å². The van der Waals surface area contributed by atoms with Gasteiger partial charge in [0.15, 0.2) is 11.5 Å². The van der Waals surface area contributed by atoms with E-state index in [1.165, 1.54) is 6.07 Å². The molecule has 0 aliphatic carbocycles. The standard InChI is InChI=1S/C12H20N2O4/c1-9(2)7-14(4-5-17-3)8-10-6-11(12(15)16)13-18-10/h6,9H,4-5,7-8H2,1-3H3,(H,15,16). The molecule has 1 heterocycles. The lowest BCUT2D eigenvalue weighted by atomic mass is 10.2. The van der Waals surface area contributed by atoms with Crippen molar-refractivity contribution in [2.45, 2.75) is 20.4 Å². The number of hydrogen-bond donors (Lipinski definition) is 1. The van der Waals surface area contributed by atoms with Crippen LogP contribution < -0.4 is 0 Å². The average molecular weight is 256 g/mol. The van der Waals surface area contributed by atoms with Gasteiger partial charge in [-0.05, 0) is 5.92 Å². The number of ether oxygens (including phenoxy) is 1. The number of nitrogens with zero attached hydrogens (tertiary/aromatic N) is 2. The van der Waals surface area contributed by atoms with E-state index in [0.29, 0.717) is 24.8 Å². The van der Waals surface area contributed by atoms with E-state index in [2.05, 4.69) is 23.9 Å². The number of rotatable bonds is 8. The van der Waals surface area contributed by atoms with Gasteiger partial charge in [-0.15, -0.1) is 0 Å². The smallest absolute Gasteiger partial charge is 0.358 e. The second-order valence-corrected chi connectivity index (χ2v) is 4.61. The van der Waals surface area contributed by atoms with Crippen LogP contribution in [0.1, 0.15) is 30.1 Å². The Morgan fingerprint density at radius 3 is 2.83 bits per heavy atom. The molecule has 18 heavy (non-hydrogen) atoms. The largest absolute Gasteiger partial charge is 0.476 e. The molecule has 1 N–H and O–H groups in total. The maximum Gasteiger partial charge on any atom is 0.358 e. The lowest BCUT2D eigenvalue weighted by Crippen LogP contribution is -2.30. The number of carbonyl (C=O) groups is 1. The van der Waals surface area contributed by atoms with Gasteiger partial charge in [0, 0.05) is 26.3 Å². The van der Waals surface area contributed by atoms with Crippen molar-refractivity contribution in [1.82, 2.24) is 10.1 Å². The molecule has 0 saturated carbocycles. The van der Waals surface area contributed by atoms with E-state index in [1.54, 1.807) is 7.11 Å². The average Bonchev–Trinajstić information content (AvgIpc) is 2.73. The fourth-order valence-electron chi connectivity index (χ4n) is 1.68. The van der Waals surface area contributed by atoms with Crippen LogP contribution in [0.5, 0.6) is 0 Å². The van der Waals surface area contributed by atoms with Crippen LogP contribution in [0, 0.1) is 5.92 Å². The molecule has 0 aliphatic heterocycles. The Hall–Kier alpha value is -1.40. The van der Waals surface area contributed by atoms with Gasteiger partial charge in [-0.1, -0.05) is 19.0 Å². The van der Waals surface area contributed by atoms with Crippen LogP contribution in [0.3, 0.4) is 0 Å². The number of aromatic carboxylic acids is 1. The first-order chi connectivity index (χ1) is 8.52. The van der Waals surface area contributed by atoms with Crippen molar-refractivity contribution in [3.05, 3.63) is 17.5 Å². The maximum absolute atomic E-state index is 10.7. The molecular formula is C12H20N2O4. The molecule has 0 fully saturated rings. The first kappa shape index (κ1) is 14.7. The first-order valence-electron chi connectivity index (χ1n) is 5.93. The third kappa shape index (κ3) is 4.85. The van der Waals surface area contributed by atoms with Gasteiger partial charge in [0.2, 0.25) is 0 Å². The second-order valence-electron chi connectivity index (χ2n) is 4.61. The van der Waals surface area contributed by atoms with Crippen LogP contribution >= 0.6 is 0 Å². The molecule has 0 aromatic carbocycles. The van der Waals surface area contributed by atoms with Crippen LogP contribution in [0.2, 0.25) is 0 Å². The summed E-state index contributed by atoms with van der Waals surface area (Å²) >= 11 is 0. The van der Waals surface area contributed by atoms with Crippen LogP contribution in [-0.2, 0) is 11.3 Å². The number of carboxylic acid groups (broad SMARTS) is 1.